The lowest BCUT2D eigenvalue weighted by molar-refractivity contribution is 0.0907. The fourth-order valence-corrected chi connectivity index (χ4v) is 2.88. The molecule has 26 heavy (non-hydrogen) atoms. The van der Waals surface area contributed by atoms with E-state index in [1.165, 1.54) is 0 Å². The second-order valence-electron chi connectivity index (χ2n) is 6.01. The van der Waals surface area contributed by atoms with Gasteiger partial charge in [0.1, 0.15) is 5.75 Å². The number of ether oxygens (including phenoxy) is 2. The zero-order chi connectivity index (χ0) is 18.7. The number of ketones is 1. The van der Waals surface area contributed by atoms with Crippen molar-refractivity contribution in [2.45, 2.75) is 13.8 Å². The van der Waals surface area contributed by atoms with Gasteiger partial charge in [-0.3, -0.25) is 10.2 Å². The van der Waals surface area contributed by atoms with Crippen LogP contribution in [0.4, 0.5) is 0 Å². The Balaban J connectivity index is 1.57. The fourth-order valence-electron chi connectivity index (χ4n) is 2.76. The lowest BCUT2D eigenvalue weighted by Gasteiger charge is -2.10. The molecule has 0 aliphatic heterocycles. The smallest absolute Gasteiger partial charge is 0.220 e. The molecular formula is C20H19ClN2O3. The van der Waals surface area contributed by atoms with Crippen LogP contribution in [0.25, 0.3) is 10.9 Å². The summed E-state index contributed by atoms with van der Waals surface area (Å²) in [5.74, 6) is 0.314. The van der Waals surface area contributed by atoms with E-state index < -0.39 is 0 Å². The Morgan fingerprint density at radius 3 is 2.69 bits per heavy atom. The third-order valence-corrected chi connectivity index (χ3v) is 4.47. The maximum atomic E-state index is 12.5. The van der Waals surface area contributed by atoms with Gasteiger partial charge in [0, 0.05) is 27.2 Å². The van der Waals surface area contributed by atoms with Gasteiger partial charge in [-0.05, 0) is 43.7 Å². The van der Waals surface area contributed by atoms with Gasteiger partial charge in [0.2, 0.25) is 11.7 Å². The number of hydrogen-bond donors (Lipinski definition) is 2. The summed E-state index contributed by atoms with van der Waals surface area (Å²) in [6.07, 6.45) is 0. The minimum absolute atomic E-state index is 0.0543. The number of hydrogen-bond acceptors (Lipinski definition) is 4. The Labute approximate surface area is 156 Å². The zero-order valence-corrected chi connectivity index (χ0v) is 15.3. The summed E-state index contributed by atoms with van der Waals surface area (Å²) in [4.78, 5) is 15.7. The number of carbonyl (C=O) groups is 1. The monoisotopic (exact) mass is 370 g/mol. The second kappa shape index (κ2) is 7.62. The first-order valence-electron chi connectivity index (χ1n) is 8.15. The molecule has 2 aromatic carbocycles. The topological polar surface area (TPSA) is 75.2 Å². The summed E-state index contributed by atoms with van der Waals surface area (Å²) >= 11 is 5.97. The van der Waals surface area contributed by atoms with E-state index in [1.54, 1.807) is 18.2 Å². The molecule has 134 valence electrons. The van der Waals surface area contributed by atoms with Crippen LogP contribution in [0.3, 0.4) is 0 Å². The number of fused-ring (bicyclic) bond motifs is 1. The predicted octanol–water partition coefficient (Wildman–Crippen LogP) is 4.69. The van der Waals surface area contributed by atoms with Gasteiger partial charge in [-0.1, -0.05) is 29.8 Å². The zero-order valence-electron chi connectivity index (χ0n) is 14.6. The number of para-hydroxylation sites is 1. The minimum atomic E-state index is -0.204. The van der Waals surface area contributed by atoms with Crippen molar-refractivity contribution in [3.8, 4) is 5.75 Å². The van der Waals surface area contributed by atoms with Crippen molar-refractivity contribution in [1.82, 2.24) is 4.98 Å². The fraction of sp³-hybridized carbons (Fsp3) is 0.200. The molecule has 5 nitrogen and oxygen atoms in total. The Kier molecular flexibility index (Phi) is 5.28. The highest BCUT2D eigenvalue weighted by atomic mass is 35.5. The molecule has 3 aromatic rings. The second-order valence-corrected chi connectivity index (χ2v) is 6.41. The molecule has 3 rings (SSSR count). The van der Waals surface area contributed by atoms with Crippen LogP contribution in [0, 0.1) is 19.3 Å². The van der Waals surface area contributed by atoms with E-state index in [0.717, 1.165) is 22.2 Å². The average molecular weight is 371 g/mol. The highest BCUT2D eigenvalue weighted by Gasteiger charge is 2.17. The van der Waals surface area contributed by atoms with Crippen molar-refractivity contribution in [2.75, 3.05) is 13.2 Å². The summed E-state index contributed by atoms with van der Waals surface area (Å²) in [6.45, 7) is 3.47. The Bertz CT molecular complexity index is 978. The van der Waals surface area contributed by atoms with E-state index in [-0.39, 0.29) is 24.9 Å². The van der Waals surface area contributed by atoms with Gasteiger partial charge in [0.05, 0.1) is 0 Å². The molecule has 0 unspecified atom stereocenters. The van der Waals surface area contributed by atoms with E-state index in [0.29, 0.717) is 16.3 Å². The van der Waals surface area contributed by atoms with Gasteiger partial charge in [-0.15, -0.1) is 0 Å². The van der Waals surface area contributed by atoms with Crippen molar-refractivity contribution in [3.05, 3.63) is 64.3 Å². The molecule has 0 aliphatic rings. The van der Waals surface area contributed by atoms with Crippen LogP contribution in [-0.4, -0.2) is 29.9 Å². The molecular weight excluding hydrogens is 352 g/mol. The number of nitrogens with one attached hydrogen (secondary N) is 2. The summed E-state index contributed by atoms with van der Waals surface area (Å²) < 4.78 is 10.8. The van der Waals surface area contributed by atoms with Gasteiger partial charge in [0.15, 0.2) is 13.2 Å². The van der Waals surface area contributed by atoms with Crippen molar-refractivity contribution in [1.29, 1.82) is 5.41 Å². The van der Waals surface area contributed by atoms with Crippen LogP contribution in [0.15, 0.2) is 42.5 Å². The minimum Gasteiger partial charge on any atom is -0.484 e. The number of benzene rings is 2. The summed E-state index contributed by atoms with van der Waals surface area (Å²) in [6, 6.07) is 12.9. The third kappa shape index (κ3) is 3.89. The molecule has 0 atom stereocenters. The van der Waals surface area contributed by atoms with Crippen molar-refractivity contribution in [2.24, 2.45) is 0 Å². The van der Waals surface area contributed by atoms with Crippen LogP contribution >= 0.6 is 11.6 Å². The SMILES string of the molecule is Cc1cc(OCC(=N)OCC(=O)c2c(C)[nH]c3ccccc23)ccc1Cl. The molecule has 0 aliphatic carbocycles. The van der Waals surface area contributed by atoms with Crippen molar-refractivity contribution >= 4 is 34.2 Å². The number of rotatable bonds is 6. The van der Waals surface area contributed by atoms with E-state index >= 15 is 0 Å². The molecule has 0 radical (unpaired) electrons. The molecule has 0 amide bonds. The van der Waals surface area contributed by atoms with Crippen LogP contribution in [0.2, 0.25) is 5.02 Å². The average Bonchev–Trinajstić information content (AvgIpc) is 2.96. The standard InChI is InChI=1S/C20H19ClN2O3/c1-12-9-14(7-8-16(12)21)25-11-19(22)26-10-18(24)20-13(2)23-17-6-4-3-5-15(17)20/h3-9,22-23H,10-11H2,1-2H3. The van der Waals surface area contributed by atoms with Crippen molar-refractivity contribution < 1.29 is 14.3 Å². The quantitative estimate of drug-likeness (QED) is 0.375. The first kappa shape index (κ1) is 18.0. The van der Waals surface area contributed by atoms with Gasteiger partial charge in [-0.2, -0.15) is 0 Å². The third-order valence-electron chi connectivity index (χ3n) is 4.05. The predicted molar refractivity (Wildman–Crippen MR) is 103 cm³/mol. The Morgan fingerprint density at radius 1 is 1.15 bits per heavy atom. The van der Waals surface area contributed by atoms with E-state index in [4.69, 9.17) is 26.5 Å². The van der Waals surface area contributed by atoms with E-state index in [1.807, 2.05) is 38.1 Å². The number of carbonyl (C=O) groups excluding carboxylic acids is 1. The highest BCUT2D eigenvalue weighted by Crippen LogP contribution is 2.23. The molecule has 1 heterocycles. The number of aryl methyl sites for hydroxylation is 2. The van der Waals surface area contributed by atoms with Crippen LogP contribution in [0.5, 0.6) is 5.75 Å². The molecule has 2 N–H and O–H groups in total. The van der Waals surface area contributed by atoms with Crippen LogP contribution in [0.1, 0.15) is 21.6 Å². The highest BCUT2D eigenvalue weighted by molar-refractivity contribution is 6.31. The number of halogens is 1. The molecule has 0 spiro atoms. The lowest BCUT2D eigenvalue weighted by atomic mass is 10.1. The Hall–Kier alpha value is -2.79. The lowest BCUT2D eigenvalue weighted by Crippen LogP contribution is -2.19. The van der Waals surface area contributed by atoms with Crippen LogP contribution in [-0.2, 0) is 4.74 Å². The maximum Gasteiger partial charge on any atom is 0.220 e. The number of Topliss-reactive ketones (excluding diaryl/α,β-unsaturated/α-hetero) is 1. The van der Waals surface area contributed by atoms with Crippen molar-refractivity contribution in [3.63, 3.8) is 0 Å². The van der Waals surface area contributed by atoms with Gasteiger partial charge in [-0.25, -0.2) is 0 Å². The van der Waals surface area contributed by atoms with Gasteiger partial charge in [0.25, 0.3) is 0 Å². The molecule has 6 heteroatoms. The first-order valence-corrected chi connectivity index (χ1v) is 8.53. The Morgan fingerprint density at radius 2 is 1.92 bits per heavy atom. The number of aromatic nitrogens is 1. The van der Waals surface area contributed by atoms with Gasteiger partial charge >= 0.3 is 0 Å². The van der Waals surface area contributed by atoms with Gasteiger partial charge < -0.3 is 14.5 Å². The normalized spacial score (nSPS) is 10.7. The number of aromatic amines is 1. The molecule has 0 saturated heterocycles. The summed E-state index contributed by atoms with van der Waals surface area (Å²) in [5.41, 5.74) is 3.19. The largest absolute Gasteiger partial charge is 0.484 e. The first-order chi connectivity index (χ1) is 12.5. The van der Waals surface area contributed by atoms with E-state index in [2.05, 4.69) is 4.98 Å². The summed E-state index contributed by atoms with van der Waals surface area (Å²) in [5, 5.41) is 9.35. The molecule has 0 saturated carbocycles. The van der Waals surface area contributed by atoms with Crippen LogP contribution < -0.4 is 4.74 Å². The van der Waals surface area contributed by atoms with E-state index in [9.17, 15) is 4.79 Å². The molecule has 0 bridgehead atoms. The maximum absolute atomic E-state index is 12.5. The molecule has 0 fully saturated rings. The number of H-pyrrole nitrogens is 1. The summed E-state index contributed by atoms with van der Waals surface area (Å²) in [7, 11) is 0. The molecule has 1 aromatic heterocycles.